The summed E-state index contributed by atoms with van der Waals surface area (Å²) >= 11 is 0. The van der Waals surface area contributed by atoms with Gasteiger partial charge in [0.1, 0.15) is 5.82 Å². The van der Waals surface area contributed by atoms with Crippen molar-refractivity contribution in [2.45, 2.75) is 12.5 Å². The molecule has 1 atom stereocenters. The summed E-state index contributed by atoms with van der Waals surface area (Å²) in [6.07, 6.45) is 3.82. The van der Waals surface area contributed by atoms with Crippen LogP contribution in [0.25, 0.3) is 21.8 Å². The third-order valence-electron chi connectivity index (χ3n) is 4.68. The number of hydrogen-bond donors (Lipinski definition) is 4. The Kier molecular flexibility index (Phi) is 5.30. The van der Waals surface area contributed by atoms with Gasteiger partial charge in [-0.15, -0.1) is 0 Å². The van der Waals surface area contributed by atoms with Crippen LogP contribution in [0.15, 0.2) is 58.6 Å². The predicted octanol–water partition coefficient (Wildman–Crippen LogP) is 1.76. The molecule has 1 aliphatic heterocycles. The van der Waals surface area contributed by atoms with Crippen molar-refractivity contribution in [3.05, 3.63) is 75.6 Å². The molecule has 148 valence electrons. The Labute approximate surface area is 164 Å². The quantitative estimate of drug-likeness (QED) is 0.412. The van der Waals surface area contributed by atoms with Crippen LogP contribution in [0.5, 0.6) is 0 Å². The third-order valence-corrected chi connectivity index (χ3v) is 4.68. The van der Waals surface area contributed by atoms with E-state index in [-0.39, 0.29) is 16.9 Å². The normalized spacial score (nSPS) is 15.8. The first-order valence-corrected chi connectivity index (χ1v) is 9.18. The van der Waals surface area contributed by atoms with Gasteiger partial charge in [-0.2, -0.15) is 0 Å². The molecule has 1 fully saturated rings. The highest BCUT2D eigenvalue weighted by atomic mass is 19.1. The van der Waals surface area contributed by atoms with Gasteiger partial charge in [-0.05, 0) is 43.3 Å². The van der Waals surface area contributed by atoms with Crippen LogP contribution in [-0.2, 0) is 0 Å². The van der Waals surface area contributed by atoms with Crippen molar-refractivity contribution in [1.29, 1.82) is 0 Å². The molecule has 0 saturated carbocycles. The zero-order valence-corrected chi connectivity index (χ0v) is 15.4. The van der Waals surface area contributed by atoms with Gasteiger partial charge in [0, 0.05) is 24.3 Å². The summed E-state index contributed by atoms with van der Waals surface area (Å²) in [5.74, 6) is -0.388. The molecule has 2 aromatic carbocycles. The molecule has 5 rings (SSSR count). The van der Waals surface area contributed by atoms with Crippen molar-refractivity contribution in [3.63, 3.8) is 0 Å². The van der Waals surface area contributed by atoms with E-state index in [9.17, 15) is 14.0 Å². The molecule has 0 radical (unpaired) electrons. The lowest BCUT2D eigenvalue weighted by Gasteiger charge is -2.12. The predicted molar refractivity (Wildman–Crippen MR) is 110 cm³/mol. The molecule has 0 aliphatic carbocycles. The second-order valence-electron chi connectivity index (χ2n) is 6.69. The fourth-order valence-corrected chi connectivity index (χ4v) is 3.21. The molecule has 0 amide bonds. The molecule has 0 spiro atoms. The summed E-state index contributed by atoms with van der Waals surface area (Å²) in [6.45, 7) is 2.05. The molecule has 9 heteroatoms. The summed E-state index contributed by atoms with van der Waals surface area (Å²) < 4.78 is 12.6. The topological polar surface area (TPSA) is 116 Å². The number of aromatic nitrogens is 4. The first kappa shape index (κ1) is 18.8. The van der Waals surface area contributed by atoms with E-state index < -0.39 is 0 Å². The van der Waals surface area contributed by atoms with Crippen LogP contribution in [0.2, 0.25) is 0 Å². The Balaban J connectivity index is 0.000000150. The molecular weight excluding hydrogens is 375 g/mol. The van der Waals surface area contributed by atoms with Gasteiger partial charge in [-0.25, -0.2) is 14.4 Å². The van der Waals surface area contributed by atoms with Crippen molar-refractivity contribution in [2.24, 2.45) is 0 Å². The molecule has 1 aliphatic rings. The Bertz CT molecular complexity index is 1260. The molecule has 29 heavy (non-hydrogen) atoms. The number of hydrogen-bond acceptors (Lipinski definition) is 6. The zero-order chi connectivity index (χ0) is 20.2. The third kappa shape index (κ3) is 4.30. The van der Waals surface area contributed by atoms with Crippen molar-refractivity contribution < 1.29 is 4.39 Å². The second-order valence-corrected chi connectivity index (χ2v) is 6.69. The molecule has 8 nitrogen and oxygen atoms in total. The van der Waals surface area contributed by atoms with Crippen molar-refractivity contribution in [2.75, 3.05) is 18.4 Å². The smallest absolute Gasteiger partial charge is 0.258 e. The van der Waals surface area contributed by atoms with E-state index in [0.717, 1.165) is 30.7 Å². The van der Waals surface area contributed by atoms with Crippen LogP contribution in [0, 0.1) is 5.82 Å². The summed E-state index contributed by atoms with van der Waals surface area (Å²) in [7, 11) is 0. The van der Waals surface area contributed by atoms with E-state index in [2.05, 4.69) is 30.6 Å². The van der Waals surface area contributed by atoms with Crippen molar-refractivity contribution in [1.82, 2.24) is 25.3 Å². The van der Waals surface area contributed by atoms with E-state index in [0.29, 0.717) is 22.3 Å². The SMILES string of the molecule is O=c1[nH]cnc2cc(F)ccc12.O=c1[nH]cnc2cc(NC3CCNC3)ccc12. The molecule has 1 unspecified atom stereocenters. The molecular formula is C20H19FN6O2. The number of H-pyrrole nitrogens is 2. The number of aromatic amines is 2. The first-order chi connectivity index (χ1) is 14.1. The number of benzene rings is 2. The Morgan fingerprint density at radius 3 is 2.24 bits per heavy atom. The van der Waals surface area contributed by atoms with Crippen LogP contribution in [0.1, 0.15) is 6.42 Å². The lowest BCUT2D eigenvalue weighted by molar-refractivity contribution is 0.629. The Hall–Kier alpha value is -3.59. The summed E-state index contributed by atoms with van der Waals surface area (Å²) in [5, 5.41) is 7.77. The lowest BCUT2D eigenvalue weighted by Crippen LogP contribution is -2.22. The second kappa shape index (κ2) is 8.19. The van der Waals surface area contributed by atoms with E-state index in [4.69, 9.17) is 0 Å². The van der Waals surface area contributed by atoms with Gasteiger partial charge in [0.2, 0.25) is 0 Å². The zero-order valence-electron chi connectivity index (χ0n) is 15.4. The van der Waals surface area contributed by atoms with Crippen LogP contribution >= 0.6 is 0 Å². The van der Waals surface area contributed by atoms with Gasteiger partial charge in [0.05, 0.1) is 34.5 Å². The Morgan fingerprint density at radius 2 is 1.59 bits per heavy atom. The van der Waals surface area contributed by atoms with Crippen LogP contribution in [-0.4, -0.2) is 39.1 Å². The standard InChI is InChI=1S/C12H14N4O.C8H5FN2O/c17-12-10-2-1-8(5-11(10)14-7-15-12)16-9-3-4-13-6-9;9-5-1-2-6-7(3-5)10-4-11-8(6)12/h1-2,5,7,9,13,16H,3-4,6H2,(H,14,15,17);1-4H,(H,10,11,12). The monoisotopic (exact) mass is 394 g/mol. The van der Waals surface area contributed by atoms with Crippen LogP contribution in [0.3, 0.4) is 0 Å². The highest BCUT2D eigenvalue weighted by Crippen LogP contribution is 2.16. The summed E-state index contributed by atoms with van der Waals surface area (Å²) in [5.41, 5.74) is 1.77. The first-order valence-electron chi connectivity index (χ1n) is 9.18. The largest absolute Gasteiger partial charge is 0.381 e. The summed E-state index contributed by atoms with van der Waals surface area (Å²) in [6, 6.07) is 10.0. The minimum atomic E-state index is -0.388. The van der Waals surface area contributed by atoms with Gasteiger partial charge in [0.15, 0.2) is 0 Å². The Morgan fingerprint density at radius 1 is 0.931 bits per heavy atom. The highest BCUT2D eigenvalue weighted by Gasteiger charge is 2.13. The van der Waals surface area contributed by atoms with Crippen molar-refractivity contribution in [3.8, 4) is 0 Å². The fourth-order valence-electron chi connectivity index (χ4n) is 3.21. The molecule has 4 aromatic rings. The fraction of sp³-hybridized carbons (Fsp3) is 0.200. The van der Waals surface area contributed by atoms with E-state index in [1.54, 1.807) is 0 Å². The maximum absolute atomic E-state index is 12.6. The van der Waals surface area contributed by atoms with Gasteiger partial charge < -0.3 is 20.6 Å². The van der Waals surface area contributed by atoms with Gasteiger partial charge in [-0.1, -0.05) is 0 Å². The van der Waals surface area contributed by atoms with Gasteiger partial charge in [-0.3, -0.25) is 9.59 Å². The van der Waals surface area contributed by atoms with E-state index >= 15 is 0 Å². The number of fused-ring (bicyclic) bond motifs is 2. The van der Waals surface area contributed by atoms with E-state index in [1.165, 1.54) is 30.9 Å². The van der Waals surface area contributed by atoms with Crippen molar-refractivity contribution >= 4 is 27.5 Å². The molecule has 2 aromatic heterocycles. The van der Waals surface area contributed by atoms with Gasteiger partial charge in [0.25, 0.3) is 11.1 Å². The molecule has 3 heterocycles. The number of nitrogens with zero attached hydrogens (tertiary/aromatic N) is 2. The maximum Gasteiger partial charge on any atom is 0.258 e. The number of halogens is 1. The van der Waals surface area contributed by atoms with Crippen LogP contribution in [0.4, 0.5) is 10.1 Å². The number of anilines is 1. The summed E-state index contributed by atoms with van der Waals surface area (Å²) in [4.78, 5) is 35.5. The average molecular weight is 394 g/mol. The molecule has 1 saturated heterocycles. The minimum absolute atomic E-state index is 0.0934. The lowest BCUT2D eigenvalue weighted by atomic mass is 10.2. The highest BCUT2D eigenvalue weighted by molar-refractivity contribution is 5.81. The average Bonchev–Trinajstić information content (AvgIpc) is 3.22. The molecule has 4 N–H and O–H groups in total. The minimum Gasteiger partial charge on any atom is -0.381 e. The van der Waals surface area contributed by atoms with E-state index in [1.807, 2.05) is 18.2 Å². The van der Waals surface area contributed by atoms with Crippen LogP contribution < -0.4 is 21.8 Å². The number of nitrogens with one attached hydrogen (secondary N) is 4. The number of rotatable bonds is 2. The van der Waals surface area contributed by atoms with Gasteiger partial charge >= 0.3 is 0 Å². The maximum atomic E-state index is 12.6. The molecule has 0 bridgehead atoms.